The van der Waals surface area contributed by atoms with Crippen molar-refractivity contribution in [2.24, 2.45) is 5.73 Å². The minimum absolute atomic E-state index is 0.149. The molecule has 6 heteroatoms. The van der Waals surface area contributed by atoms with Crippen LogP contribution in [0.5, 0.6) is 0 Å². The normalized spacial score (nSPS) is 11.8. The number of hydrogen-bond acceptors (Lipinski definition) is 3. The third kappa shape index (κ3) is 3.82. The van der Waals surface area contributed by atoms with Crippen LogP contribution in [0.2, 0.25) is 0 Å². The summed E-state index contributed by atoms with van der Waals surface area (Å²) in [7, 11) is 0. The van der Waals surface area contributed by atoms with Crippen LogP contribution in [0.4, 0.5) is 0 Å². The second-order valence-electron chi connectivity index (χ2n) is 3.49. The molecule has 0 spiro atoms. The number of H-pyrrole nitrogens is 1. The Hall–Kier alpha value is -1.69. The first-order chi connectivity index (χ1) is 7.49. The van der Waals surface area contributed by atoms with Crippen LogP contribution in [-0.4, -0.2) is 21.9 Å². The largest absolute Gasteiger partial charge is 0.393 e. The van der Waals surface area contributed by atoms with Gasteiger partial charge < -0.3 is 16.0 Å². The van der Waals surface area contributed by atoms with Crippen LogP contribution < -0.4 is 16.6 Å². The van der Waals surface area contributed by atoms with Gasteiger partial charge in [0.05, 0.1) is 4.99 Å². The Morgan fingerprint density at radius 2 is 2.38 bits per heavy atom. The van der Waals surface area contributed by atoms with Crippen molar-refractivity contribution in [3.8, 4) is 0 Å². The van der Waals surface area contributed by atoms with Crippen LogP contribution in [0.15, 0.2) is 23.1 Å². The summed E-state index contributed by atoms with van der Waals surface area (Å²) in [5, 5.41) is 2.70. The fourth-order valence-electron chi connectivity index (χ4n) is 1.25. The molecule has 1 unspecified atom stereocenters. The van der Waals surface area contributed by atoms with Gasteiger partial charge in [-0.15, -0.1) is 0 Å². The average molecular weight is 239 g/mol. The third-order valence-electron chi connectivity index (χ3n) is 1.92. The van der Waals surface area contributed by atoms with Gasteiger partial charge in [0.2, 0.25) is 5.56 Å². The minimum atomic E-state index is -0.311. The highest BCUT2D eigenvalue weighted by Gasteiger charge is 2.10. The highest BCUT2D eigenvalue weighted by molar-refractivity contribution is 7.80. The van der Waals surface area contributed by atoms with Gasteiger partial charge in [-0.25, -0.2) is 0 Å². The minimum Gasteiger partial charge on any atom is -0.393 e. The SMILES string of the molecule is CC(CC(N)=S)NC(=O)c1cc[nH]c(=O)c1. The highest BCUT2D eigenvalue weighted by Crippen LogP contribution is 1.96. The number of pyridine rings is 1. The lowest BCUT2D eigenvalue weighted by atomic mass is 10.2. The molecule has 1 atom stereocenters. The van der Waals surface area contributed by atoms with Crippen LogP contribution >= 0.6 is 12.2 Å². The van der Waals surface area contributed by atoms with Gasteiger partial charge >= 0.3 is 0 Å². The zero-order valence-corrected chi connectivity index (χ0v) is 9.64. The first-order valence-electron chi connectivity index (χ1n) is 4.77. The maximum atomic E-state index is 11.6. The number of carbonyl (C=O) groups is 1. The molecule has 0 aliphatic carbocycles. The van der Waals surface area contributed by atoms with Crippen LogP contribution in [0, 0.1) is 0 Å². The summed E-state index contributed by atoms with van der Waals surface area (Å²) < 4.78 is 0. The fraction of sp³-hybridized carbons (Fsp3) is 0.300. The zero-order chi connectivity index (χ0) is 12.1. The summed E-state index contributed by atoms with van der Waals surface area (Å²) >= 11 is 4.73. The molecule has 0 aromatic carbocycles. The van der Waals surface area contributed by atoms with Crippen LogP contribution in [0.1, 0.15) is 23.7 Å². The van der Waals surface area contributed by atoms with Crippen LogP contribution in [0.3, 0.4) is 0 Å². The van der Waals surface area contributed by atoms with Gasteiger partial charge in [-0.05, 0) is 13.0 Å². The topological polar surface area (TPSA) is 88.0 Å². The highest BCUT2D eigenvalue weighted by atomic mass is 32.1. The Morgan fingerprint density at radius 3 is 2.94 bits per heavy atom. The number of nitrogens with two attached hydrogens (primary N) is 1. The van der Waals surface area contributed by atoms with E-state index in [4.69, 9.17) is 18.0 Å². The molecule has 0 aliphatic rings. The van der Waals surface area contributed by atoms with E-state index in [1.165, 1.54) is 18.3 Å². The van der Waals surface area contributed by atoms with E-state index in [0.29, 0.717) is 17.0 Å². The summed E-state index contributed by atoms with van der Waals surface area (Å²) in [6.45, 7) is 1.80. The molecule has 1 amide bonds. The molecule has 1 rings (SSSR count). The zero-order valence-electron chi connectivity index (χ0n) is 8.82. The lowest BCUT2D eigenvalue weighted by Crippen LogP contribution is -2.35. The molecule has 0 radical (unpaired) electrons. The maximum Gasteiger partial charge on any atom is 0.251 e. The predicted molar refractivity (Wildman–Crippen MR) is 65.4 cm³/mol. The second-order valence-corrected chi connectivity index (χ2v) is 4.01. The number of aromatic nitrogens is 1. The van der Waals surface area contributed by atoms with E-state index in [2.05, 4.69) is 10.3 Å². The smallest absolute Gasteiger partial charge is 0.251 e. The number of rotatable bonds is 4. The molecule has 0 aliphatic heterocycles. The van der Waals surface area contributed by atoms with Crippen molar-refractivity contribution >= 4 is 23.1 Å². The average Bonchev–Trinajstić information content (AvgIpc) is 2.16. The van der Waals surface area contributed by atoms with Crippen molar-refractivity contribution in [3.05, 3.63) is 34.2 Å². The predicted octanol–water partition coefficient (Wildman–Crippen LogP) is 0.169. The lowest BCUT2D eigenvalue weighted by molar-refractivity contribution is 0.0941. The second kappa shape index (κ2) is 5.41. The van der Waals surface area contributed by atoms with Crippen molar-refractivity contribution in [3.63, 3.8) is 0 Å². The standard InChI is InChI=1S/C10H13N3O2S/c1-6(4-8(11)16)13-10(15)7-2-3-12-9(14)5-7/h2-3,5-6H,4H2,1H3,(H2,11,16)(H,12,14)(H,13,15). The first kappa shape index (κ1) is 12.4. The van der Waals surface area contributed by atoms with E-state index in [0.717, 1.165) is 0 Å². The number of thiocarbonyl (C=S) groups is 1. The summed E-state index contributed by atoms with van der Waals surface area (Å²) in [6, 6.07) is 2.62. The summed E-state index contributed by atoms with van der Waals surface area (Å²) in [6.07, 6.45) is 1.86. The van der Waals surface area contributed by atoms with Gasteiger partial charge in [-0.2, -0.15) is 0 Å². The van der Waals surface area contributed by atoms with Gasteiger partial charge in [-0.3, -0.25) is 9.59 Å². The number of nitrogens with one attached hydrogen (secondary N) is 2. The van der Waals surface area contributed by atoms with Gasteiger partial charge in [0.1, 0.15) is 0 Å². The number of aromatic amines is 1. The fourth-order valence-corrected chi connectivity index (χ4v) is 1.50. The number of hydrogen-bond donors (Lipinski definition) is 3. The Balaban J connectivity index is 2.65. The van der Waals surface area contributed by atoms with Crippen molar-refractivity contribution in [1.82, 2.24) is 10.3 Å². The first-order valence-corrected chi connectivity index (χ1v) is 5.18. The van der Waals surface area contributed by atoms with Crippen molar-refractivity contribution in [2.75, 3.05) is 0 Å². The third-order valence-corrected chi connectivity index (χ3v) is 2.09. The molecule has 0 bridgehead atoms. The van der Waals surface area contributed by atoms with Gasteiger partial charge in [0.25, 0.3) is 5.91 Å². The molecule has 0 fully saturated rings. The van der Waals surface area contributed by atoms with Gasteiger partial charge in [0, 0.05) is 30.3 Å². The summed E-state index contributed by atoms with van der Waals surface area (Å²) in [5.74, 6) is -0.310. The Morgan fingerprint density at radius 1 is 1.69 bits per heavy atom. The molecular formula is C10H13N3O2S. The van der Waals surface area contributed by atoms with Crippen molar-refractivity contribution < 1.29 is 4.79 Å². The van der Waals surface area contributed by atoms with Gasteiger partial charge in [-0.1, -0.05) is 12.2 Å². The lowest BCUT2D eigenvalue weighted by Gasteiger charge is -2.12. The molecule has 16 heavy (non-hydrogen) atoms. The van der Waals surface area contributed by atoms with E-state index in [1.807, 2.05) is 0 Å². The molecule has 4 N–H and O–H groups in total. The molecule has 0 saturated heterocycles. The monoisotopic (exact) mass is 239 g/mol. The van der Waals surface area contributed by atoms with E-state index >= 15 is 0 Å². The molecule has 86 valence electrons. The van der Waals surface area contributed by atoms with Gasteiger partial charge in [0.15, 0.2) is 0 Å². The number of carbonyl (C=O) groups excluding carboxylic acids is 1. The van der Waals surface area contributed by atoms with Crippen molar-refractivity contribution in [2.45, 2.75) is 19.4 Å². The quantitative estimate of drug-likeness (QED) is 0.653. The Bertz CT molecular complexity index is 455. The molecule has 5 nitrogen and oxygen atoms in total. The summed E-state index contributed by atoms with van der Waals surface area (Å²) in [4.78, 5) is 25.4. The molecule has 1 aromatic rings. The van der Waals surface area contributed by atoms with Crippen molar-refractivity contribution in [1.29, 1.82) is 0 Å². The number of amides is 1. The maximum absolute atomic E-state index is 11.6. The van der Waals surface area contributed by atoms with Crippen LogP contribution in [0.25, 0.3) is 0 Å². The summed E-state index contributed by atoms with van der Waals surface area (Å²) in [5.41, 5.74) is 5.36. The van der Waals surface area contributed by atoms with E-state index in [1.54, 1.807) is 6.92 Å². The van der Waals surface area contributed by atoms with E-state index < -0.39 is 0 Å². The molecular weight excluding hydrogens is 226 g/mol. The van der Waals surface area contributed by atoms with E-state index in [-0.39, 0.29) is 17.5 Å². The Labute approximate surface area is 98.0 Å². The molecule has 1 heterocycles. The van der Waals surface area contributed by atoms with Crippen LogP contribution in [-0.2, 0) is 0 Å². The Kier molecular flexibility index (Phi) is 4.19. The molecule has 0 saturated carbocycles. The van der Waals surface area contributed by atoms with E-state index in [9.17, 15) is 9.59 Å². The molecule has 1 aromatic heterocycles.